The van der Waals surface area contributed by atoms with Gasteiger partial charge in [0, 0.05) is 16.8 Å². The van der Waals surface area contributed by atoms with Gasteiger partial charge >= 0.3 is 0 Å². The van der Waals surface area contributed by atoms with Crippen molar-refractivity contribution in [1.82, 2.24) is 0 Å². The smallest absolute Gasteiger partial charge is 0.182 e. The van der Waals surface area contributed by atoms with Gasteiger partial charge in [-0.1, -0.05) is 103 Å². The van der Waals surface area contributed by atoms with Gasteiger partial charge in [-0.2, -0.15) is 0 Å². The Bertz CT molecular complexity index is 1640. The third kappa shape index (κ3) is 4.75. The summed E-state index contributed by atoms with van der Waals surface area (Å²) in [6.45, 7) is 6.61. The number of carbonyl (C=O) groups excluding carboxylic acids is 1. The van der Waals surface area contributed by atoms with Crippen LogP contribution in [0.15, 0.2) is 140 Å². The van der Waals surface area contributed by atoms with E-state index < -0.39 is 5.41 Å². The van der Waals surface area contributed by atoms with Crippen molar-refractivity contribution in [2.45, 2.75) is 31.7 Å². The van der Waals surface area contributed by atoms with E-state index in [0.29, 0.717) is 5.56 Å². The zero-order valence-electron chi connectivity index (χ0n) is 24.2. The molecule has 0 N–H and O–H groups in total. The molecule has 5 aromatic rings. The highest BCUT2D eigenvalue weighted by Crippen LogP contribution is 2.48. The largest absolute Gasteiger partial charge is 0.355 e. The summed E-state index contributed by atoms with van der Waals surface area (Å²) in [6, 6.07) is 44.5. The number of nitrogens with zero attached hydrogens (tertiary/aromatic N) is 1. The molecule has 0 aromatic heterocycles. The van der Waals surface area contributed by atoms with Crippen LogP contribution < -0.4 is 4.90 Å². The van der Waals surface area contributed by atoms with Crippen LogP contribution in [-0.4, -0.2) is 17.9 Å². The van der Waals surface area contributed by atoms with Crippen LogP contribution in [0.3, 0.4) is 0 Å². The maximum Gasteiger partial charge on any atom is 0.182 e. The quantitative estimate of drug-likeness (QED) is 0.149. The summed E-state index contributed by atoms with van der Waals surface area (Å²) in [5.74, 6) is -0.390. The predicted molar refractivity (Wildman–Crippen MR) is 171 cm³/mol. The Balaban J connectivity index is 1.55. The standard InChI is InChI=1S/C39H34FNO/c1-28-26-38(2,3)41(27-37(42)29-19-22-34(40)23-20-29)36-24-21-33(25-35(28)36)39(30-13-7-4-8-14-30,31-15-9-5-10-16-31)32-17-11-6-12-18-32/h4-26H,27H2,1-3H3. The molecule has 208 valence electrons. The molecule has 42 heavy (non-hydrogen) atoms. The van der Waals surface area contributed by atoms with Crippen molar-refractivity contribution in [3.05, 3.63) is 179 Å². The summed E-state index contributed by atoms with van der Waals surface area (Å²) in [7, 11) is 0. The second-order valence-electron chi connectivity index (χ2n) is 11.6. The van der Waals surface area contributed by atoms with E-state index in [0.717, 1.165) is 16.8 Å². The molecular formula is C39H34FNO. The minimum Gasteiger partial charge on any atom is -0.355 e. The fraction of sp³-hybridized carbons (Fsp3) is 0.154. The van der Waals surface area contributed by atoms with Crippen molar-refractivity contribution in [1.29, 1.82) is 0 Å². The van der Waals surface area contributed by atoms with Crippen LogP contribution in [0.25, 0.3) is 5.57 Å². The van der Waals surface area contributed by atoms with Gasteiger partial charge in [0.2, 0.25) is 0 Å². The van der Waals surface area contributed by atoms with Crippen molar-refractivity contribution in [3.8, 4) is 0 Å². The Morgan fingerprint density at radius 1 is 0.690 bits per heavy atom. The Morgan fingerprint density at radius 2 is 1.19 bits per heavy atom. The molecule has 0 bridgehead atoms. The average Bonchev–Trinajstić information content (AvgIpc) is 3.01. The lowest BCUT2D eigenvalue weighted by Gasteiger charge is -2.44. The number of benzene rings is 5. The Labute approximate surface area is 247 Å². The highest BCUT2D eigenvalue weighted by molar-refractivity contribution is 6.00. The molecule has 6 rings (SSSR count). The summed E-state index contributed by atoms with van der Waals surface area (Å²) in [6.07, 6.45) is 2.24. The first-order valence-electron chi connectivity index (χ1n) is 14.4. The highest BCUT2D eigenvalue weighted by atomic mass is 19.1. The van der Waals surface area contributed by atoms with Gasteiger partial charge in [0.15, 0.2) is 5.78 Å². The van der Waals surface area contributed by atoms with Crippen LogP contribution in [-0.2, 0) is 5.41 Å². The molecule has 3 heteroatoms. The number of rotatable bonds is 7. The molecule has 0 spiro atoms. The minimum absolute atomic E-state index is 0.0433. The van der Waals surface area contributed by atoms with Crippen LogP contribution in [0.4, 0.5) is 10.1 Å². The Kier molecular flexibility index (Phi) is 7.12. The molecule has 2 nitrogen and oxygen atoms in total. The average molecular weight is 552 g/mol. The van der Waals surface area contributed by atoms with Gasteiger partial charge in [-0.15, -0.1) is 0 Å². The molecule has 0 atom stereocenters. The van der Waals surface area contributed by atoms with Gasteiger partial charge in [0.1, 0.15) is 5.82 Å². The lowest BCUT2D eigenvalue weighted by atomic mass is 9.64. The van der Waals surface area contributed by atoms with Crippen molar-refractivity contribution in [2.75, 3.05) is 11.4 Å². The van der Waals surface area contributed by atoms with Crippen molar-refractivity contribution >= 4 is 17.0 Å². The van der Waals surface area contributed by atoms with Gasteiger partial charge in [-0.3, -0.25) is 4.79 Å². The molecule has 1 aliphatic rings. The lowest BCUT2D eigenvalue weighted by molar-refractivity contribution is 0.0994. The minimum atomic E-state index is -0.555. The summed E-state index contributed by atoms with van der Waals surface area (Å²) >= 11 is 0. The number of Topliss-reactive ketones (excluding diaryl/α,β-unsaturated/α-hetero) is 1. The third-order valence-corrected chi connectivity index (χ3v) is 8.50. The number of allylic oxidation sites excluding steroid dienone is 1. The second kappa shape index (κ2) is 10.9. The molecule has 5 aromatic carbocycles. The van der Waals surface area contributed by atoms with Crippen molar-refractivity contribution < 1.29 is 9.18 Å². The number of hydrogen-bond donors (Lipinski definition) is 0. The SMILES string of the molecule is CC1=CC(C)(C)N(CC(=O)c2ccc(F)cc2)c2ccc(C(c3ccccc3)(c3ccccc3)c3ccccc3)cc21. The maximum absolute atomic E-state index is 13.5. The van der Waals surface area contributed by atoms with E-state index in [1.165, 1.54) is 34.4 Å². The lowest BCUT2D eigenvalue weighted by Crippen LogP contribution is -2.47. The van der Waals surface area contributed by atoms with Crippen LogP contribution >= 0.6 is 0 Å². The molecule has 0 aliphatic carbocycles. The van der Waals surface area contributed by atoms with E-state index >= 15 is 0 Å². The molecule has 0 radical (unpaired) electrons. The molecule has 0 saturated heterocycles. The van der Waals surface area contributed by atoms with Crippen LogP contribution in [0, 0.1) is 5.82 Å². The molecule has 1 heterocycles. The molecule has 0 saturated carbocycles. The first-order valence-corrected chi connectivity index (χ1v) is 14.4. The van der Waals surface area contributed by atoms with Gasteiger partial charge in [-0.05, 0) is 85.0 Å². The Hall–Kier alpha value is -4.76. The second-order valence-corrected chi connectivity index (χ2v) is 11.6. The number of fused-ring (bicyclic) bond motifs is 1. The van der Waals surface area contributed by atoms with E-state index in [-0.39, 0.29) is 23.7 Å². The summed E-state index contributed by atoms with van der Waals surface area (Å²) in [5, 5.41) is 0. The number of hydrogen-bond acceptors (Lipinski definition) is 2. The van der Waals surface area contributed by atoms with E-state index in [2.05, 4.69) is 141 Å². The molecule has 0 unspecified atom stereocenters. The van der Waals surface area contributed by atoms with Crippen molar-refractivity contribution in [3.63, 3.8) is 0 Å². The highest BCUT2D eigenvalue weighted by Gasteiger charge is 2.40. The number of anilines is 1. The van der Waals surface area contributed by atoms with Gasteiger partial charge < -0.3 is 4.90 Å². The van der Waals surface area contributed by atoms with Gasteiger partial charge in [-0.25, -0.2) is 4.39 Å². The van der Waals surface area contributed by atoms with Crippen LogP contribution in [0.1, 0.15) is 58.9 Å². The van der Waals surface area contributed by atoms with Crippen LogP contribution in [0.5, 0.6) is 0 Å². The number of carbonyl (C=O) groups is 1. The maximum atomic E-state index is 13.5. The fourth-order valence-electron chi connectivity index (χ4n) is 6.54. The topological polar surface area (TPSA) is 20.3 Å². The van der Waals surface area contributed by atoms with Crippen LogP contribution in [0.2, 0.25) is 0 Å². The van der Waals surface area contributed by atoms with E-state index in [9.17, 15) is 9.18 Å². The molecule has 0 amide bonds. The predicted octanol–water partition coefficient (Wildman–Crippen LogP) is 9.09. The van der Waals surface area contributed by atoms with E-state index in [1.54, 1.807) is 12.1 Å². The van der Waals surface area contributed by atoms with E-state index in [4.69, 9.17) is 0 Å². The third-order valence-electron chi connectivity index (χ3n) is 8.50. The number of ketones is 1. The van der Waals surface area contributed by atoms with E-state index in [1.807, 2.05) is 0 Å². The number of halogens is 1. The zero-order valence-corrected chi connectivity index (χ0v) is 24.2. The summed E-state index contributed by atoms with van der Waals surface area (Å²) in [5.41, 5.74) is 7.56. The zero-order chi connectivity index (χ0) is 29.3. The van der Waals surface area contributed by atoms with Crippen molar-refractivity contribution in [2.24, 2.45) is 0 Å². The first kappa shape index (κ1) is 27.4. The molecular weight excluding hydrogens is 517 g/mol. The fourth-order valence-corrected chi connectivity index (χ4v) is 6.54. The van der Waals surface area contributed by atoms with Gasteiger partial charge in [0.05, 0.1) is 17.5 Å². The van der Waals surface area contributed by atoms with Gasteiger partial charge in [0.25, 0.3) is 0 Å². The first-order chi connectivity index (χ1) is 20.3. The molecule has 1 aliphatic heterocycles. The Morgan fingerprint density at radius 3 is 1.69 bits per heavy atom. The summed E-state index contributed by atoms with van der Waals surface area (Å²) < 4.78 is 13.5. The monoisotopic (exact) mass is 551 g/mol. The normalized spacial score (nSPS) is 14.2. The molecule has 0 fully saturated rings. The summed E-state index contributed by atoms with van der Waals surface area (Å²) in [4.78, 5) is 15.6.